The molecule has 0 heterocycles. The maximum Gasteiger partial charge on any atom is 0.264 e. The first kappa shape index (κ1) is 23.6. The van der Waals surface area contributed by atoms with Crippen LogP contribution in [0.5, 0.6) is 5.75 Å². The van der Waals surface area contributed by atoms with Gasteiger partial charge in [-0.25, -0.2) is 8.42 Å². The van der Waals surface area contributed by atoms with E-state index in [1.54, 1.807) is 24.3 Å². The topological polar surface area (TPSA) is 75.7 Å². The Morgan fingerprint density at radius 2 is 1.62 bits per heavy atom. The highest BCUT2D eigenvalue weighted by Crippen LogP contribution is 2.27. The van der Waals surface area contributed by atoms with E-state index in [0.29, 0.717) is 23.1 Å². The van der Waals surface area contributed by atoms with Gasteiger partial charge in [-0.1, -0.05) is 41.9 Å². The Kier molecular flexibility index (Phi) is 7.77. The number of nitrogens with zero attached hydrogens (tertiary/aromatic N) is 1. The van der Waals surface area contributed by atoms with Crippen LogP contribution in [-0.4, -0.2) is 27.5 Å². The first-order chi connectivity index (χ1) is 15.3. The molecular formula is C24H25ClN2O4S. The zero-order valence-electron chi connectivity index (χ0n) is 17.9. The van der Waals surface area contributed by atoms with Crippen molar-refractivity contribution in [3.05, 3.63) is 89.4 Å². The number of carbonyl (C=O) groups is 1. The van der Waals surface area contributed by atoms with Crippen LogP contribution in [0.25, 0.3) is 0 Å². The van der Waals surface area contributed by atoms with Crippen LogP contribution in [-0.2, 0) is 14.8 Å². The third-order valence-corrected chi connectivity index (χ3v) is 6.84. The van der Waals surface area contributed by atoms with E-state index in [1.807, 2.05) is 44.2 Å². The normalized spacial score (nSPS) is 12.1. The quantitative estimate of drug-likeness (QED) is 0.484. The number of carbonyl (C=O) groups excluding carboxylic acids is 1. The van der Waals surface area contributed by atoms with Crippen molar-refractivity contribution in [2.24, 2.45) is 0 Å². The number of rotatable bonds is 9. The van der Waals surface area contributed by atoms with Gasteiger partial charge in [0.2, 0.25) is 5.91 Å². The van der Waals surface area contributed by atoms with Crippen molar-refractivity contribution in [1.29, 1.82) is 0 Å². The molecule has 0 spiro atoms. The largest absolute Gasteiger partial charge is 0.494 e. The molecule has 3 rings (SSSR count). The van der Waals surface area contributed by atoms with Crippen molar-refractivity contribution in [3.63, 3.8) is 0 Å². The second-order valence-electron chi connectivity index (χ2n) is 7.09. The molecule has 168 valence electrons. The average molecular weight is 473 g/mol. The summed E-state index contributed by atoms with van der Waals surface area (Å²) in [6, 6.07) is 21.6. The fraction of sp³-hybridized carbons (Fsp3) is 0.208. The Bertz CT molecular complexity index is 1130. The van der Waals surface area contributed by atoms with Crippen LogP contribution in [0.3, 0.4) is 0 Å². The van der Waals surface area contributed by atoms with Crippen molar-refractivity contribution in [2.45, 2.75) is 24.8 Å². The summed E-state index contributed by atoms with van der Waals surface area (Å²) in [5.74, 6) is 0.190. The molecule has 0 aliphatic carbocycles. The third kappa shape index (κ3) is 5.81. The molecule has 0 saturated heterocycles. The van der Waals surface area contributed by atoms with Crippen molar-refractivity contribution in [2.75, 3.05) is 17.5 Å². The molecule has 1 unspecified atom stereocenters. The minimum Gasteiger partial charge on any atom is -0.494 e. The van der Waals surface area contributed by atoms with E-state index in [2.05, 4.69) is 5.32 Å². The zero-order valence-corrected chi connectivity index (χ0v) is 19.4. The second-order valence-corrected chi connectivity index (χ2v) is 9.39. The number of halogens is 1. The summed E-state index contributed by atoms with van der Waals surface area (Å²) < 4.78 is 33.4. The van der Waals surface area contributed by atoms with Crippen molar-refractivity contribution >= 4 is 33.2 Å². The molecule has 0 aliphatic rings. The summed E-state index contributed by atoms with van der Waals surface area (Å²) in [6.07, 6.45) is 0. The Hall–Kier alpha value is -3.03. The van der Waals surface area contributed by atoms with Gasteiger partial charge in [0.05, 0.1) is 23.2 Å². The van der Waals surface area contributed by atoms with Crippen LogP contribution in [0.15, 0.2) is 83.8 Å². The lowest BCUT2D eigenvalue weighted by atomic mass is 10.1. The number of anilines is 1. The van der Waals surface area contributed by atoms with Gasteiger partial charge in [-0.3, -0.25) is 9.10 Å². The highest BCUT2D eigenvalue weighted by molar-refractivity contribution is 7.92. The van der Waals surface area contributed by atoms with Gasteiger partial charge in [0, 0.05) is 5.02 Å². The summed E-state index contributed by atoms with van der Waals surface area (Å²) in [5, 5.41) is 3.29. The molecule has 0 aliphatic heterocycles. The highest BCUT2D eigenvalue weighted by Gasteiger charge is 2.27. The molecule has 6 nitrogen and oxygen atoms in total. The highest BCUT2D eigenvalue weighted by atomic mass is 35.5. The first-order valence-electron chi connectivity index (χ1n) is 10.2. The molecule has 0 bridgehead atoms. The van der Waals surface area contributed by atoms with Gasteiger partial charge in [0.15, 0.2) is 0 Å². The van der Waals surface area contributed by atoms with E-state index in [9.17, 15) is 13.2 Å². The number of hydrogen-bond donors (Lipinski definition) is 1. The molecule has 3 aromatic rings. The SMILES string of the molecule is CCOc1ccc(N(CC(=O)NC(C)c2ccccc2)S(=O)(=O)c2ccc(Cl)cc2)cc1. The van der Waals surface area contributed by atoms with Gasteiger partial charge < -0.3 is 10.1 Å². The van der Waals surface area contributed by atoms with E-state index in [1.165, 1.54) is 24.3 Å². The third-order valence-electron chi connectivity index (χ3n) is 4.80. The van der Waals surface area contributed by atoms with Crippen LogP contribution in [0, 0.1) is 0 Å². The number of benzene rings is 3. The smallest absolute Gasteiger partial charge is 0.264 e. The zero-order chi connectivity index (χ0) is 23.1. The predicted molar refractivity (Wildman–Crippen MR) is 127 cm³/mol. The molecule has 0 fully saturated rings. The minimum absolute atomic E-state index is 0.0414. The summed E-state index contributed by atoms with van der Waals surface area (Å²) in [7, 11) is -4.02. The van der Waals surface area contributed by atoms with Crippen LogP contribution in [0.2, 0.25) is 5.02 Å². The van der Waals surface area contributed by atoms with E-state index in [4.69, 9.17) is 16.3 Å². The minimum atomic E-state index is -4.02. The number of sulfonamides is 1. The van der Waals surface area contributed by atoms with Gasteiger partial charge >= 0.3 is 0 Å². The molecule has 1 amide bonds. The van der Waals surface area contributed by atoms with Crippen molar-refractivity contribution < 1.29 is 17.9 Å². The number of hydrogen-bond acceptors (Lipinski definition) is 4. The van der Waals surface area contributed by atoms with E-state index >= 15 is 0 Å². The molecule has 1 N–H and O–H groups in total. The van der Waals surface area contributed by atoms with E-state index in [0.717, 1.165) is 9.87 Å². The lowest BCUT2D eigenvalue weighted by molar-refractivity contribution is -0.120. The van der Waals surface area contributed by atoms with Gasteiger partial charge in [-0.15, -0.1) is 0 Å². The van der Waals surface area contributed by atoms with Crippen LogP contribution in [0.1, 0.15) is 25.5 Å². The predicted octanol–water partition coefficient (Wildman–Crippen LogP) is 4.81. The van der Waals surface area contributed by atoms with Crippen molar-refractivity contribution in [3.8, 4) is 5.75 Å². The standard InChI is InChI=1S/C24H25ClN2O4S/c1-3-31-22-13-11-21(12-14-22)27(32(29,30)23-15-9-20(25)10-16-23)17-24(28)26-18(2)19-7-5-4-6-8-19/h4-16,18H,3,17H2,1-2H3,(H,26,28). The molecular weight excluding hydrogens is 448 g/mol. The monoisotopic (exact) mass is 472 g/mol. The summed E-state index contributed by atoms with van der Waals surface area (Å²) in [6.45, 7) is 3.83. The Balaban J connectivity index is 1.89. The number of amides is 1. The summed E-state index contributed by atoms with van der Waals surface area (Å²) in [4.78, 5) is 12.9. The van der Waals surface area contributed by atoms with Crippen LogP contribution >= 0.6 is 11.6 Å². The Morgan fingerprint density at radius 1 is 1.00 bits per heavy atom. The molecule has 8 heteroatoms. The van der Waals surface area contributed by atoms with E-state index < -0.39 is 15.9 Å². The molecule has 3 aromatic carbocycles. The van der Waals surface area contributed by atoms with Gasteiger partial charge in [-0.05, 0) is 67.9 Å². The van der Waals surface area contributed by atoms with Crippen molar-refractivity contribution in [1.82, 2.24) is 5.32 Å². The Morgan fingerprint density at radius 3 is 2.22 bits per heavy atom. The number of nitrogens with one attached hydrogen (secondary N) is 1. The van der Waals surface area contributed by atoms with Gasteiger partial charge in [-0.2, -0.15) is 0 Å². The molecule has 0 aromatic heterocycles. The average Bonchev–Trinajstić information content (AvgIpc) is 2.79. The summed E-state index contributed by atoms with van der Waals surface area (Å²) in [5.41, 5.74) is 1.28. The molecule has 0 saturated carbocycles. The number of ether oxygens (including phenoxy) is 1. The Labute approximate surface area is 193 Å². The fourth-order valence-electron chi connectivity index (χ4n) is 3.17. The summed E-state index contributed by atoms with van der Waals surface area (Å²) >= 11 is 5.92. The second kappa shape index (κ2) is 10.5. The van der Waals surface area contributed by atoms with Crippen LogP contribution in [0.4, 0.5) is 5.69 Å². The lowest BCUT2D eigenvalue weighted by Crippen LogP contribution is -2.41. The molecule has 1 atom stereocenters. The van der Waals surface area contributed by atoms with Gasteiger partial charge in [0.1, 0.15) is 12.3 Å². The molecule has 32 heavy (non-hydrogen) atoms. The maximum atomic E-state index is 13.4. The first-order valence-corrected chi connectivity index (χ1v) is 12.0. The van der Waals surface area contributed by atoms with Gasteiger partial charge in [0.25, 0.3) is 10.0 Å². The fourth-order valence-corrected chi connectivity index (χ4v) is 4.71. The molecule has 0 radical (unpaired) electrons. The van der Waals surface area contributed by atoms with Crippen LogP contribution < -0.4 is 14.4 Å². The maximum absolute atomic E-state index is 13.4. The lowest BCUT2D eigenvalue weighted by Gasteiger charge is -2.25. The van der Waals surface area contributed by atoms with E-state index in [-0.39, 0.29) is 17.5 Å².